The first-order valence-corrected chi connectivity index (χ1v) is 5.15. The maximum absolute atomic E-state index is 10.8. The van der Waals surface area contributed by atoms with Gasteiger partial charge < -0.3 is 14.6 Å². The average molecular weight is 255 g/mol. The van der Waals surface area contributed by atoms with Crippen LogP contribution in [-0.4, -0.2) is 29.2 Å². The number of nitro benzene ring substituents is 1. The highest BCUT2D eigenvalue weighted by molar-refractivity contribution is 5.67. The molecule has 0 fully saturated rings. The van der Waals surface area contributed by atoms with Gasteiger partial charge in [-0.3, -0.25) is 14.9 Å². The summed E-state index contributed by atoms with van der Waals surface area (Å²) in [7, 11) is 1.40. The molecular formula is C11H13NO6. The van der Waals surface area contributed by atoms with Gasteiger partial charge in [-0.15, -0.1) is 0 Å². The Labute approximate surface area is 103 Å². The zero-order valence-electron chi connectivity index (χ0n) is 9.95. The lowest BCUT2D eigenvalue weighted by atomic mass is 10.2. The third kappa shape index (κ3) is 3.62. The van der Waals surface area contributed by atoms with Crippen LogP contribution in [0.2, 0.25) is 0 Å². The fraction of sp³-hybridized carbons (Fsp3) is 0.364. The summed E-state index contributed by atoms with van der Waals surface area (Å²) in [5.41, 5.74) is -0.258. The number of carboxylic acid groups (broad SMARTS) is 1. The van der Waals surface area contributed by atoms with Crippen LogP contribution >= 0.6 is 0 Å². The van der Waals surface area contributed by atoms with E-state index in [4.69, 9.17) is 14.6 Å². The number of carboxylic acids is 1. The molecule has 1 N–H and O–H groups in total. The second-order valence-electron chi connectivity index (χ2n) is 3.62. The van der Waals surface area contributed by atoms with Crippen LogP contribution in [0.25, 0.3) is 0 Å². The van der Waals surface area contributed by atoms with E-state index >= 15 is 0 Å². The Morgan fingerprint density at radius 1 is 1.56 bits per heavy atom. The Morgan fingerprint density at radius 3 is 2.72 bits per heavy atom. The third-order valence-corrected chi connectivity index (χ3v) is 2.15. The van der Waals surface area contributed by atoms with Crippen LogP contribution in [0.4, 0.5) is 5.69 Å². The van der Waals surface area contributed by atoms with Gasteiger partial charge in [0.2, 0.25) is 0 Å². The number of hydrogen-bond acceptors (Lipinski definition) is 5. The van der Waals surface area contributed by atoms with Crippen LogP contribution in [0.15, 0.2) is 18.2 Å². The second-order valence-corrected chi connectivity index (χ2v) is 3.62. The average Bonchev–Trinajstić information content (AvgIpc) is 2.28. The fourth-order valence-corrected chi connectivity index (χ4v) is 1.37. The molecule has 0 unspecified atom stereocenters. The molecule has 7 heteroatoms. The van der Waals surface area contributed by atoms with Crippen LogP contribution < -0.4 is 9.47 Å². The lowest BCUT2D eigenvalue weighted by Crippen LogP contribution is -2.17. The van der Waals surface area contributed by atoms with Gasteiger partial charge in [0.25, 0.3) is 0 Å². The Morgan fingerprint density at radius 2 is 2.22 bits per heavy atom. The Kier molecular flexibility index (Phi) is 4.47. The van der Waals surface area contributed by atoms with Crippen molar-refractivity contribution in [1.29, 1.82) is 0 Å². The first kappa shape index (κ1) is 13.8. The number of nitro groups is 1. The number of hydrogen-bond donors (Lipinski definition) is 1. The summed E-state index contributed by atoms with van der Waals surface area (Å²) >= 11 is 0. The molecule has 0 bridgehead atoms. The molecule has 0 saturated heterocycles. The van der Waals surface area contributed by atoms with Crippen molar-refractivity contribution >= 4 is 11.7 Å². The lowest BCUT2D eigenvalue weighted by molar-refractivity contribution is -0.386. The van der Waals surface area contributed by atoms with E-state index in [-0.39, 0.29) is 17.9 Å². The van der Waals surface area contributed by atoms with Crippen LogP contribution in [0.3, 0.4) is 0 Å². The van der Waals surface area contributed by atoms with E-state index < -0.39 is 17.0 Å². The molecule has 0 aliphatic carbocycles. The standard InChI is InChI=1S/C11H13NO6/c1-7(5-11(13)14)18-10-4-3-8(17-2)6-9(10)12(15)16/h3-4,6-7H,5H2,1-2H3,(H,13,14)/t7-/m1/s1. The molecule has 0 spiro atoms. The van der Waals surface area contributed by atoms with Gasteiger partial charge >= 0.3 is 11.7 Å². The molecule has 0 aromatic heterocycles. The Hall–Kier alpha value is -2.31. The first-order valence-electron chi connectivity index (χ1n) is 5.15. The minimum Gasteiger partial charge on any atom is -0.496 e. The molecule has 1 aromatic rings. The maximum atomic E-state index is 10.8. The molecule has 0 aliphatic heterocycles. The molecule has 18 heavy (non-hydrogen) atoms. The zero-order valence-corrected chi connectivity index (χ0v) is 9.95. The fourth-order valence-electron chi connectivity index (χ4n) is 1.37. The number of ether oxygens (including phenoxy) is 2. The third-order valence-electron chi connectivity index (χ3n) is 2.15. The maximum Gasteiger partial charge on any atom is 0.314 e. The summed E-state index contributed by atoms with van der Waals surface area (Å²) in [6.07, 6.45) is -0.891. The van der Waals surface area contributed by atoms with E-state index in [2.05, 4.69) is 0 Å². The summed E-state index contributed by atoms with van der Waals surface area (Å²) in [5, 5.41) is 19.4. The summed E-state index contributed by atoms with van der Waals surface area (Å²) in [6, 6.07) is 4.12. The summed E-state index contributed by atoms with van der Waals surface area (Å²) < 4.78 is 10.1. The summed E-state index contributed by atoms with van der Waals surface area (Å²) in [4.78, 5) is 20.7. The number of carbonyl (C=O) groups is 1. The van der Waals surface area contributed by atoms with Gasteiger partial charge in [0.1, 0.15) is 11.9 Å². The van der Waals surface area contributed by atoms with Crippen molar-refractivity contribution in [3.05, 3.63) is 28.3 Å². The van der Waals surface area contributed by atoms with Crippen LogP contribution in [0.1, 0.15) is 13.3 Å². The largest absolute Gasteiger partial charge is 0.496 e. The topological polar surface area (TPSA) is 98.9 Å². The van der Waals surface area contributed by atoms with Gasteiger partial charge in [0.05, 0.1) is 24.5 Å². The van der Waals surface area contributed by atoms with E-state index in [1.807, 2.05) is 0 Å². The van der Waals surface area contributed by atoms with Gasteiger partial charge in [-0.1, -0.05) is 0 Å². The monoisotopic (exact) mass is 255 g/mol. The zero-order chi connectivity index (χ0) is 13.7. The molecule has 0 saturated carbocycles. The summed E-state index contributed by atoms with van der Waals surface area (Å²) in [5.74, 6) is -0.673. The van der Waals surface area contributed by atoms with Crippen molar-refractivity contribution < 1.29 is 24.3 Å². The first-order chi connectivity index (χ1) is 8.43. The van der Waals surface area contributed by atoms with Crippen molar-refractivity contribution in [2.24, 2.45) is 0 Å². The lowest BCUT2D eigenvalue weighted by Gasteiger charge is -2.13. The van der Waals surface area contributed by atoms with Crippen LogP contribution in [0.5, 0.6) is 11.5 Å². The van der Waals surface area contributed by atoms with E-state index in [9.17, 15) is 14.9 Å². The highest BCUT2D eigenvalue weighted by Gasteiger charge is 2.19. The Balaban J connectivity index is 2.94. The van der Waals surface area contributed by atoms with Crippen LogP contribution in [0, 0.1) is 10.1 Å². The summed E-state index contributed by atoms with van der Waals surface area (Å²) in [6.45, 7) is 1.53. The number of benzene rings is 1. The van der Waals surface area contributed by atoms with E-state index in [1.54, 1.807) is 0 Å². The smallest absolute Gasteiger partial charge is 0.314 e. The number of methoxy groups -OCH3 is 1. The van der Waals surface area contributed by atoms with Gasteiger partial charge in [0, 0.05) is 0 Å². The molecular weight excluding hydrogens is 242 g/mol. The minimum absolute atomic E-state index is 0.0227. The van der Waals surface area contributed by atoms with Gasteiger partial charge in [-0.05, 0) is 19.1 Å². The predicted octanol–water partition coefficient (Wildman–Crippen LogP) is 1.85. The van der Waals surface area contributed by atoms with Crippen molar-refractivity contribution in [1.82, 2.24) is 0 Å². The highest BCUT2D eigenvalue weighted by Crippen LogP contribution is 2.31. The van der Waals surface area contributed by atoms with Gasteiger partial charge in [-0.2, -0.15) is 0 Å². The SMILES string of the molecule is COc1ccc(O[C@H](C)CC(=O)O)c([N+](=O)[O-])c1. The Bertz CT molecular complexity index is 459. The number of rotatable bonds is 6. The molecule has 7 nitrogen and oxygen atoms in total. The highest BCUT2D eigenvalue weighted by atomic mass is 16.6. The predicted molar refractivity (Wildman–Crippen MR) is 62.0 cm³/mol. The van der Waals surface area contributed by atoms with Crippen molar-refractivity contribution in [2.45, 2.75) is 19.4 Å². The van der Waals surface area contributed by atoms with Gasteiger partial charge in [-0.25, -0.2) is 0 Å². The van der Waals surface area contributed by atoms with Gasteiger partial charge in [0.15, 0.2) is 5.75 Å². The molecule has 0 amide bonds. The molecule has 0 aliphatic rings. The van der Waals surface area contributed by atoms with Crippen LogP contribution in [-0.2, 0) is 4.79 Å². The van der Waals surface area contributed by atoms with Crippen molar-refractivity contribution in [3.63, 3.8) is 0 Å². The molecule has 98 valence electrons. The minimum atomic E-state index is -1.03. The van der Waals surface area contributed by atoms with Crippen molar-refractivity contribution in [3.8, 4) is 11.5 Å². The van der Waals surface area contributed by atoms with E-state index in [1.165, 1.54) is 32.2 Å². The number of nitrogens with zero attached hydrogens (tertiary/aromatic N) is 1. The molecule has 0 radical (unpaired) electrons. The second kappa shape index (κ2) is 5.85. The molecule has 0 heterocycles. The van der Waals surface area contributed by atoms with E-state index in [0.29, 0.717) is 5.75 Å². The molecule has 1 aromatic carbocycles. The normalized spacial score (nSPS) is 11.7. The number of aliphatic carboxylic acids is 1. The quantitative estimate of drug-likeness (QED) is 0.615. The molecule has 1 rings (SSSR count). The molecule has 1 atom stereocenters. The van der Waals surface area contributed by atoms with E-state index in [0.717, 1.165) is 0 Å². The van der Waals surface area contributed by atoms with Crippen molar-refractivity contribution in [2.75, 3.05) is 7.11 Å².